The van der Waals surface area contributed by atoms with E-state index in [0.717, 1.165) is 5.56 Å². The van der Waals surface area contributed by atoms with Crippen LogP contribution in [0.2, 0.25) is 0 Å². The summed E-state index contributed by atoms with van der Waals surface area (Å²) in [5.41, 5.74) is 9.31. The summed E-state index contributed by atoms with van der Waals surface area (Å²) in [6.45, 7) is 0.242. The lowest BCUT2D eigenvalue weighted by Crippen LogP contribution is -2.35. The van der Waals surface area contributed by atoms with Gasteiger partial charge in [0.2, 0.25) is 0 Å². The van der Waals surface area contributed by atoms with Gasteiger partial charge in [-0.1, -0.05) is 35.4 Å². The lowest BCUT2D eigenvalue weighted by atomic mass is 9.84. The fourth-order valence-electron chi connectivity index (χ4n) is 2.39. The maximum absolute atomic E-state index is 11.9. The van der Waals surface area contributed by atoms with E-state index in [-0.39, 0.29) is 24.9 Å². The number of rotatable bonds is 4. The van der Waals surface area contributed by atoms with Crippen molar-refractivity contribution < 1.29 is 14.6 Å². The van der Waals surface area contributed by atoms with Crippen LogP contribution in [0.1, 0.15) is 24.8 Å². The summed E-state index contributed by atoms with van der Waals surface area (Å²) >= 11 is 0. The van der Waals surface area contributed by atoms with Crippen LogP contribution in [0, 0.1) is 5.92 Å². The zero-order chi connectivity index (χ0) is 14.4. The van der Waals surface area contributed by atoms with Crippen molar-refractivity contribution in [3.05, 3.63) is 46.3 Å². The Morgan fingerprint density at radius 3 is 2.80 bits per heavy atom. The second-order valence-corrected chi connectivity index (χ2v) is 4.94. The molecule has 6 heteroatoms. The molecular weight excluding hydrogens is 258 g/mol. The minimum Gasteiger partial charge on any atom is -0.461 e. The molecule has 6 nitrogen and oxygen atoms in total. The van der Waals surface area contributed by atoms with Crippen LogP contribution in [0.4, 0.5) is 0 Å². The van der Waals surface area contributed by atoms with Crippen LogP contribution in [-0.2, 0) is 16.1 Å². The van der Waals surface area contributed by atoms with Gasteiger partial charge in [-0.25, -0.2) is 0 Å². The molecule has 1 fully saturated rings. The zero-order valence-electron chi connectivity index (χ0n) is 11.1. The van der Waals surface area contributed by atoms with Crippen molar-refractivity contribution in [1.82, 2.24) is 0 Å². The van der Waals surface area contributed by atoms with Crippen LogP contribution in [-0.4, -0.2) is 23.2 Å². The average Bonchev–Trinajstić information content (AvgIpc) is 2.48. The van der Waals surface area contributed by atoms with Crippen LogP contribution in [0.5, 0.6) is 0 Å². The number of azide groups is 1. The summed E-state index contributed by atoms with van der Waals surface area (Å²) in [4.78, 5) is 14.6. The predicted octanol–water partition coefficient (Wildman–Crippen LogP) is 2.57. The topological polar surface area (TPSA) is 95.3 Å². The number of carbonyl (C=O) groups is 1. The fourth-order valence-corrected chi connectivity index (χ4v) is 2.39. The molecule has 0 amide bonds. The maximum atomic E-state index is 11.9. The van der Waals surface area contributed by atoms with Gasteiger partial charge in [0.15, 0.2) is 0 Å². The smallest absolute Gasteiger partial charge is 0.309 e. The monoisotopic (exact) mass is 275 g/mol. The molecule has 106 valence electrons. The van der Waals surface area contributed by atoms with Gasteiger partial charge in [0.25, 0.3) is 0 Å². The summed E-state index contributed by atoms with van der Waals surface area (Å²) < 4.78 is 5.26. The van der Waals surface area contributed by atoms with Gasteiger partial charge in [-0.05, 0) is 30.4 Å². The number of hydrogen-bond acceptors (Lipinski definition) is 4. The van der Waals surface area contributed by atoms with Gasteiger partial charge in [0.05, 0.1) is 18.1 Å². The molecule has 1 aromatic rings. The summed E-state index contributed by atoms with van der Waals surface area (Å²) in [6, 6.07) is 9.02. The van der Waals surface area contributed by atoms with Crippen LogP contribution in [0.25, 0.3) is 10.4 Å². The first-order valence-corrected chi connectivity index (χ1v) is 6.63. The Balaban J connectivity index is 1.83. The highest BCUT2D eigenvalue weighted by molar-refractivity contribution is 5.72. The number of hydrogen-bond donors (Lipinski definition) is 1. The summed E-state index contributed by atoms with van der Waals surface area (Å²) in [5.74, 6) is -0.619. The molecule has 20 heavy (non-hydrogen) atoms. The third-order valence-corrected chi connectivity index (χ3v) is 3.54. The Morgan fingerprint density at radius 2 is 2.15 bits per heavy atom. The predicted molar refractivity (Wildman–Crippen MR) is 72.5 cm³/mol. The van der Waals surface area contributed by atoms with Gasteiger partial charge in [-0.3, -0.25) is 4.79 Å². The summed E-state index contributed by atoms with van der Waals surface area (Å²) in [6.07, 6.45) is 0.607. The highest BCUT2D eigenvalue weighted by Gasteiger charge is 2.33. The standard InChI is InChI=1S/C14H17N3O3/c15-17-16-12-7-6-11(8-13(12)18)14(19)20-9-10-4-2-1-3-5-10/h1-5,11-13,18H,6-9H2. The third kappa shape index (κ3) is 3.73. The molecule has 1 saturated carbocycles. The van der Waals surface area contributed by atoms with E-state index in [9.17, 15) is 9.90 Å². The maximum Gasteiger partial charge on any atom is 0.309 e. The Labute approximate surface area is 117 Å². The van der Waals surface area contributed by atoms with E-state index in [1.807, 2.05) is 30.3 Å². The highest BCUT2D eigenvalue weighted by atomic mass is 16.5. The van der Waals surface area contributed by atoms with E-state index in [0.29, 0.717) is 12.8 Å². The molecule has 0 saturated heterocycles. The number of aliphatic hydroxyl groups is 1. The Morgan fingerprint density at radius 1 is 1.40 bits per heavy atom. The zero-order valence-corrected chi connectivity index (χ0v) is 11.1. The SMILES string of the molecule is [N-]=[N+]=NC1CCC(C(=O)OCc2ccccc2)CC1O. The number of ether oxygens (including phenoxy) is 1. The van der Waals surface area contributed by atoms with Crippen LogP contribution >= 0.6 is 0 Å². The van der Waals surface area contributed by atoms with E-state index in [4.69, 9.17) is 10.3 Å². The van der Waals surface area contributed by atoms with Gasteiger partial charge < -0.3 is 9.84 Å². The molecule has 0 heterocycles. The number of esters is 1. The van der Waals surface area contributed by atoms with Gasteiger partial charge in [-0.2, -0.15) is 0 Å². The first kappa shape index (κ1) is 14.4. The van der Waals surface area contributed by atoms with Gasteiger partial charge in [-0.15, -0.1) is 0 Å². The number of benzene rings is 1. The van der Waals surface area contributed by atoms with Crippen molar-refractivity contribution in [3.63, 3.8) is 0 Å². The molecular formula is C14H17N3O3. The molecule has 0 aromatic heterocycles. The molecule has 1 aliphatic carbocycles. The first-order chi connectivity index (χ1) is 9.70. The van der Waals surface area contributed by atoms with E-state index >= 15 is 0 Å². The minimum absolute atomic E-state index is 0.242. The van der Waals surface area contributed by atoms with Crippen molar-refractivity contribution in [2.75, 3.05) is 0 Å². The van der Waals surface area contributed by atoms with Crippen LogP contribution in [0.15, 0.2) is 35.4 Å². The number of aliphatic hydroxyl groups excluding tert-OH is 1. The van der Waals surface area contributed by atoms with Crippen molar-refractivity contribution >= 4 is 5.97 Å². The molecule has 1 N–H and O–H groups in total. The molecule has 3 atom stereocenters. The van der Waals surface area contributed by atoms with Gasteiger partial charge in [0, 0.05) is 4.91 Å². The van der Waals surface area contributed by atoms with Gasteiger partial charge in [0.1, 0.15) is 6.61 Å². The number of carbonyl (C=O) groups excluding carboxylic acids is 1. The van der Waals surface area contributed by atoms with Crippen molar-refractivity contribution in [2.24, 2.45) is 11.0 Å². The molecule has 0 bridgehead atoms. The van der Waals surface area contributed by atoms with Crippen molar-refractivity contribution in [1.29, 1.82) is 0 Å². The molecule has 0 aliphatic heterocycles. The molecule has 0 spiro atoms. The minimum atomic E-state index is -0.770. The molecule has 2 rings (SSSR count). The lowest BCUT2D eigenvalue weighted by molar-refractivity contribution is -0.152. The third-order valence-electron chi connectivity index (χ3n) is 3.54. The summed E-state index contributed by atoms with van der Waals surface area (Å²) in [7, 11) is 0. The van der Waals surface area contributed by atoms with E-state index in [1.54, 1.807) is 0 Å². The van der Waals surface area contributed by atoms with E-state index < -0.39 is 12.1 Å². The van der Waals surface area contributed by atoms with Crippen molar-refractivity contribution in [3.8, 4) is 0 Å². The van der Waals surface area contributed by atoms with Crippen molar-refractivity contribution in [2.45, 2.75) is 38.0 Å². The number of nitrogens with zero attached hydrogens (tertiary/aromatic N) is 3. The van der Waals surface area contributed by atoms with Gasteiger partial charge >= 0.3 is 5.97 Å². The molecule has 0 radical (unpaired) electrons. The van der Waals surface area contributed by atoms with E-state index in [2.05, 4.69) is 10.0 Å². The van der Waals surface area contributed by atoms with E-state index in [1.165, 1.54) is 0 Å². The van der Waals surface area contributed by atoms with Crippen LogP contribution in [0.3, 0.4) is 0 Å². The molecule has 1 aromatic carbocycles. The molecule has 3 unspecified atom stereocenters. The largest absolute Gasteiger partial charge is 0.461 e. The first-order valence-electron chi connectivity index (χ1n) is 6.63. The normalized spacial score (nSPS) is 25.6. The average molecular weight is 275 g/mol. The highest BCUT2D eigenvalue weighted by Crippen LogP contribution is 2.28. The Hall–Kier alpha value is -2.04. The molecule has 1 aliphatic rings. The lowest BCUT2D eigenvalue weighted by Gasteiger charge is -2.29. The fraction of sp³-hybridized carbons (Fsp3) is 0.500. The second-order valence-electron chi connectivity index (χ2n) is 4.94. The quantitative estimate of drug-likeness (QED) is 0.396. The second kappa shape index (κ2) is 6.93. The Bertz CT molecular complexity index is 500. The van der Waals surface area contributed by atoms with Crippen LogP contribution < -0.4 is 0 Å². The summed E-state index contributed by atoms with van der Waals surface area (Å²) in [5, 5.41) is 13.4. The Kier molecular flexibility index (Phi) is 4.98.